The molecule has 4 rings (SSSR count). The highest BCUT2D eigenvalue weighted by molar-refractivity contribution is 6.32. The Labute approximate surface area is 218 Å². The fourth-order valence-corrected chi connectivity index (χ4v) is 3.65. The molecule has 1 heterocycles. The normalized spacial score (nSPS) is 11.4. The van der Waals surface area contributed by atoms with Crippen molar-refractivity contribution < 1.29 is 36.6 Å². The maximum Gasteiger partial charge on any atom is 0.453 e. The average Bonchev–Trinajstić information content (AvgIpc) is 2.83. The molecular weight excluding hydrogens is 536 g/mol. The van der Waals surface area contributed by atoms with Crippen LogP contribution >= 0.6 is 23.2 Å². The first-order valence-corrected chi connectivity index (χ1v) is 11.4. The minimum absolute atomic E-state index is 0.0113. The Bertz CT molecular complexity index is 1520. The van der Waals surface area contributed by atoms with Crippen molar-refractivity contribution in [3.63, 3.8) is 0 Å². The second kappa shape index (κ2) is 10.4. The van der Waals surface area contributed by atoms with Crippen molar-refractivity contribution in [3.05, 3.63) is 91.8 Å². The number of carbonyl (C=O) groups is 1. The van der Waals surface area contributed by atoms with Crippen LogP contribution in [-0.2, 0) is 11.0 Å². The lowest BCUT2D eigenvalue weighted by molar-refractivity contribution is -0.154. The van der Waals surface area contributed by atoms with Crippen LogP contribution in [0, 0.1) is 13.8 Å². The third-order valence-corrected chi connectivity index (χ3v) is 5.96. The Hall–Kier alpha value is -3.69. The number of alkyl halides is 3. The minimum Gasteiger partial charge on any atom is -0.482 e. The molecule has 11 heteroatoms. The predicted octanol–water partition coefficient (Wildman–Crippen LogP) is 7.51. The molecule has 0 aliphatic heterocycles. The van der Waals surface area contributed by atoms with E-state index in [2.05, 4.69) is 0 Å². The van der Waals surface area contributed by atoms with Crippen molar-refractivity contribution in [1.82, 2.24) is 0 Å². The van der Waals surface area contributed by atoms with E-state index >= 15 is 0 Å². The first kappa shape index (κ1) is 26.4. The molecule has 1 aromatic heterocycles. The molecule has 0 fully saturated rings. The largest absolute Gasteiger partial charge is 0.482 e. The zero-order valence-electron chi connectivity index (χ0n) is 19.2. The fraction of sp³-hybridized carbons (Fsp3) is 0.154. The van der Waals surface area contributed by atoms with E-state index in [0.717, 1.165) is 6.07 Å². The molecule has 3 aromatic carbocycles. The number of ether oxygens (including phenoxy) is 3. The first-order chi connectivity index (χ1) is 17.4. The monoisotopic (exact) mass is 552 g/mol. The van der Waals surface area contributed by atoms with E-state index in [1.165, 1.54) is 24.3 Å². The summed E-state index contributed by atoms with van der Waals surface area (Å²) in [5.74, 6) is -3.29. The van der Waals surface area contributed by atoms with Gasteiger partial charge in [0.2, 0.25) is 11.2 Å². The van der Waals surface area contributed by atoms with Gasteiger partial charge in [0, 0.05) is 16.1 Å². The van der Waals surface area contributed by atoms with Crippen LogP contribution in [0.15, 0.2) is 63.8 Å². The van der Waals surface area contributed by atoms with E-state index in [0.29, 0.717) is 26.9 Å². The SMILES string of the molecule is Cc1cc(Oc2c(C(F)(F)F)oc3cc(OC(=O)COc4ccc(Cl)cc4)ccc3c2=O)cc(C)c1Cl. The van der Waals surface area contributed by atoms with Gasteiger partial charge in [0.15, 0.2) is 6.61 Å². The van der Waals surface area contributed by atoms with Crippen molar-refractivity contribution >= 4 is 40.1 Å². The molecule has 0 radical (unpaired) electrons. The van der Waals surface area contributed by atoms with E-state index in [1.807, 2.05) is 0 Å². The maximum atomic E-state index is 13.8. The third-order valence-electron chi connectivity index (χ3n) is 5.11. The van der Waals surface area contributed by atoms with Gasteiger partial charge in [-0.1, -0.05) is 23.2 Å². The van der Waals surface area contributed by atoms with Gasteiger partial charge in [0.1, 0.15) is 22.8 Å². The smallest absolute Gasteiger partial charge is 0.453 e. The zero-order valence-corrected chi connectivity index (χ0v) is 20.8. The van der Waals surface area contributed by atoms with E-state index in [9.17, 15) is 22.8 Å². The number of halogens is 5. The molecule has 0 aliphatic rings. The minimum atomic E-state index is -5.06. The molecule has 0 saturated carbocycles. The summed E-state index contributed by atoms with van der Waals surface area (Å²) in [6, 6.07) is 12.5. The Morgan fingerprint density at radius 3 is 2.16 bits per heavy atom. The fourth-order valence-electron chi connectivity index (χ4n) is 3.42. The summed E-state index contributed by atoms with van der Waals surface area (Å²) in [5, 5.41) is 0.704. The first-order valence-electron chi connectivity index (χ1n) is 10.6. The summed E-state index contributed by atoms with van der Waals surface area (Å²) in [6.07, 6.45) is -5.06. The zero-order chi connectivity index (χ0) is 26.9. The topological polar surface area (TPSA) is 75.0 Å². The summed E-state index contributed by atoms with van der Waals surface area (Å²) in [6.45, 7) is 2.82. The molecule has 4 aromatic rings. The quantitative estimate of drug-likeness (QED) is 0.182. The molecule has 0 amide bonds. The van der Waals surface area contributed by atoms with Gasteiger partial charge in [-0.2, -0.15) is 13.2 Å². The predicted molar refractivity (Wildman–Crippen MR) is 131 cm³/mol. The molecule has 0 atom stereocenters. The van der Waals surface area contributed by atoms with Crippen LogP contribution in [0.1, 0.15) is 16.9 Å². The third kappa shape index (κ3) is 6.00. The Morgan fingerprint density at radius 2 is 1.54 bits per heavy atom. The highest BCUT2D eigenvalue weighted by atomic mass is 35.5. The number of fused-ring (bicyclic) bond motifs is 1. The van der Waals surface area contributed by atoms with Gasteiger partial charge in [-0.05, 0) is 73.5 Å². The van der Waals surface area contributed by atoms with Crippen molar-refractivity contribution in [2.24, 2.45) is 0 Å². The number of rotatable bonds is 6. The van der Waals surface area contributed by atoms with Crippen LogP contribution < -0.4 is 19.6 Å². The number of hydrogen-bond donors (Lipinski definition) is 0. The van der Waals surface area contributed by atoms with Crippen LogP contribution in [0.5, 0.6) is 23.0 Å². The van der Waals surface area contributed by atoms with Gasteiger partial charge in [0.25, 0.3) is 5.76 Å². The van der Waals surface area contributed by atoms with Crippen LogP contribution in [0.3, 0.4) is 0 Å². The van der Waals surface area contributed by atoms with Gasteiger partial charge in [-0.3, -0.25) is 4.79 Å². The van der Waals surface area contributed by atoms with Crippen molar-refractivity contribution in [2.45, 2.75) is 20.0 Å². The number of aryl methyl sites for hydroxylation is 2. The van der Waals surface area contributed by atoms with Crippen molar-refractivity contribution in [3.8, 4) is 23.0 Å². The van der Waals surface area contributed by atoms with Gasteiger partial charge in [0.05, 0.1) is 5.39 Å². The van der Waals surface area contributed by atoms with E-state index in [4.69, 9.17) is 41.8 Å². The Balaban J connectivity index is 1.63. The van der Waals surface area contributed by atoms with E-state index in [1.54, 1.807) is 38.1 Å². The lowest BCUT2D eigenvalue weighted by Crippen LogP contribution is -2.18. The van der Waals surface area contributed by atoms with Gasteiger partial charge in [-0.15, -0.1) is 0 Å². The number of benzene rings is 3. The highest BCUT2D eigenvalue weighted by Gasteiger charge is 2.40. The summed E-state index contributed by atoms with van der Waals surface area (Å²) in [5.41, 5.74) is -0.386. The number of hydrogen-bond acceptors (Lipinski definition) is 6. The van der Waals surface area contributed by atoms with E-state index < -0.39 is 41.3 Å². The number of carbonyl (C=O) groups excluding carboxylic acids is 1. The van der Waals surface area contributed by atoms with Gasteiger partial charge in [-0.25, -0.2) is 4.79 Å². The summed E-state index contributed by atoms with van der Waals surface area (Å²) < 4.78 is 62.3. The standard InChI is InChI=1S/C26H17Cl2F3O6/c1-13-9-18(10-14(2)22(13)28)36-24-23(33)19-8-7-17(11-20(19)37-25(24)26(29,30)31)35-21(32)12-34-16-5-3-15(27)4-6-16/h3-11H,12H2,1-2H3. The van der Waals surface area contributed by atoms with Crippen LogP contribution in [0.4, 0.5) is 13.2 Å². The molecule has 6 nitrogen and oxygen atoms in total. The molecule has 0 saturated heterocycles. The van der Waals surface area contributed by atoms with Crippen LogP contribution in [0.2, 0.25) is 10.0 Å². The molecule has 192 valence electrons. The van der Waals surface area contributed by atoms with E-state index in [-0.39, 0.29) is 16.9 Å². The van der Waals surface area contributed by atoms with Gasteiger partial charge < -0.3 is 18.6 Å². The van der Waals surface area contributed by atoms with Crippen molar-refractivity contribution in [1.29, 1.82) is 0 Å². The van der Waals surface area contributed by atoms with Gasteiger partial charge >= 0.3 is 12.1 Å². The highest BCUT2D eigenvalue weighted by Crippen LogP contribution is 2.39. The molecule has 0 aliphatic carbocycles. The number of esters is 1. The average molecular weight is 553 g/mol. The molecule has 37 heavy (non-hydrogen) atoms. The van der Waals surface area contributed by atoms with Crippen LogP contribution in [0.25, 0.3) is 11.0 Å². The lowest BCUT2D eigenvalue weighted by atomic mass is 10.1. The maximum absolute atomic E-state index is 13.8. The Kier molecular flexibility index (Phi) is 7.38. The lowest BCUT2D eigenvalue weighted by Gasteiger charge is -2.15. The summed E-state index contributed by atoms with van der Waals surface area (Å²) in [7, 11) is 0. The van der Waals surface area contributed by atoms with Crippen molar-refractivity contribution in [2.75, 3.05) is 6.61 Å². The van der Waals surface area contributed by atoms with Crippen LogP contribution in [-0.4, -0.2) is 12.6 Å². The summed E-state index contributed by atoms with van der Waals surface area (Å²) in [4.78, 5) is 25.1. The molecule has 0 bridgehead atoms. The molecule has 0 N–H and O–H groups in total. The molecule has 0 unspecified atom stereocenters. The second-order valence-corrected chi connectivity index (χ2v) is 8.75. The molecular formula is C26H17Cl2F3O6. The Morgan fingerprint density at radius 1 is 0.919 bits per heavy atom. The summed E-state index contributed by atoms with van der Waals surface area (Å²) >= 11 is 11.9. The molecule has 0 spiro atoms. The second-order valence-electron chi connectivity index (χ2n) is 7.93.